The number of hydrogen-bond acceptors (Lipinski definition) is 3. The van der Waals surface area contributed by atoms with Crippen LogP contribution >= 0.6 is 0 Å². The Bertz CT molecular complexity index is 235. The Hall–Kier alpha value is -0.610. The lowest BCUT2D eigenvalue weighted by Crippen LogP contribution is -2.44. The normalized spacial score (nSPS) is 20.5. The van der Waals surface area contributed by atoms with E-state index in [-0.39, 0.29) is 17.9 Å². The quantitative estimate of drug-likeness (QED) is 0.749. The molecular weight excluding hydrogens is 214 g/mol. The van der Waals surface area contributed by atoms with Gasteiger partial charge in [-0.2, -0.15) is 0 Å². The maximum Gasteiger partial charge on any atom is 0.237 e. The number of carbonyl (C=O) groups is 1. The average Bonchev–Trinajstić information content (AvgIpc) is 2.30. The van der Waals surface area contributed by atoms with E-state index in [9.17, 15) is 4.79 Å². The summed E-state index contributed by atoms with van der Waals surface area (Å²) in [7, 11) is 2.17. The Morgan fingerprint density at radius 3 is 2.53 bits per heavy atom. The standard InChI is InChI=1S/C13H27N3O/c1-10(2)12(14)13(17)15-7-4-11-5-8-16(3)9-6-11/h10-12H,4-9,14H2,1-3H3,(H,15,17). The van der Waals surface area contributed by atoms with E-state index in [1.807, 2.05) is 13.8 Å². The molecule has 0 aliphatic carbocycles. The van der Waals surface area contributed by atoms with Gasteiger partial charge in [-0.15, -0.1) is 0 Å². The fraction of sp³-hybridized carbons (Fsp3) is 0.923. The summed E-state index contributed by atoms with van der Waals surface area (Å²) < 4.78 is 0. The molecule has 1 heterocycles. The molecule has 4 heteroatoms. The molecule has 0 aromatic heterocycles. The van der Waals surface area contributed by atoms with Gasteiger partial charge >= 0.3 is 0 Å². The van der Waals surface area contributed by atoms with Gasteiger partial charge in [-0.3, -0.25) is 4.79 Å². The van der Waals surface area contributed by atoms with Gasteiger partial charge in [0, 0.05) is 6.54 Å². The second-order valence-electron chi connectivity index (χ2n) is 5.60. The van der Waals surface area contributed by atoms with E-state index in [1.54, 1.807) is 0 Å². The lowest BCUT2D eigenvalue weighted by Gasteiger charge is -2.29. The summed E-state index contributed by atoms with van der Waals surface area (Å²) in [6, 6.07) is -0.368. The number of nitrogens with one attached hydrogen (secondary N) is 1. The zero-order chi connectivity index (χ0) is 12.8. The Labute approximate surface area is 105 Å². The fourth-order valence-electron chi connectivity index (χ4n) is 2.17. The molecule has 1 fully saturated rings. The number of piperidine rings is 1. The molecule has 4 nitrogen and oxygen atoms in total. The predicted octanol–water partition coefficient (Wildman–Crippen LogP) is 0.818. The molecule has 0 saturated carbocycles. The van der Waals surface area contributed by atoms with Crippen LogP contribution in [0.1, 0.15) is 33.1 Å². The van der Waals surface area contributed by atoms with Crippen LogP contribution in [0.3, 0.4) is 0 Å². The summed E-state index contributed by atoms with van der Waals surface area (Å²) in [6.45, 7) is 7.09. The molecule has 1 rings (SSSR count). The number of rotatable bonds is 5. The minimum Gasteiger partial charge on any atom is -0.355 e. The minimum absolute atomic E-state index is 0.00655. The van der Waals surface area contributed by atoms with Crippen molar-refractivity contribution in [3.63, 3.8) is 0 Å². The van der Waals surface area contributed by atoms with Crippen molar-refractivity contribution in [2.24, 2.45) is 17.6 Å². The van der Waals surface area contributed by atoms with Crippen LogP contribution in [-0.2, 0) is 4.79 Å². The molecule has 0 aromatic rings. The van der Waals surface area contributed by atoms with Crippen molar-refractivity contribution in [3.8, 4) is 0 Å². The minimum atomic E-state index is -0.368. The van der Waals surface area contributed by atoms with Gasteiger partial charge in [-0.1, -0.05) is 13.8 Å². The molecule has 17 heavy (non-hydrogen) atoms. The largest absolute Gasteiger partial charge is 0.355 e. The highest BCUT2D eigenvalue weighted by Gasteiger charge is 2.19. The van der Waals surface area contributed by atoms with Crippen LogP contribution in [0.5, 0.6) is 0 Å². The first-order valence-corrected chi connectivity index (χ1v) is 6.72. The maximum atomic E-state index is 11.6. The van der Waals surface area contributed by atoms with Crippen LogP contribution < -0.4 is 11.1 Å². The van der Waals surface area contributed by atoms with Gasteiger partial charge in [0.05, 0.1) is 6.04 Å². The molecule has 0 spiro atoms. The van der Waals surface area contributed by atoms with Crippen LogP contribution in [-0.4, -0.2) is 43.5 Å². The van der Waals surface area contributed by atoms with Gasteiger partial charge in [0.2, 0.25) is 5.91 Å². The third kappa shape index (κ3) is 5.04. The van der Waals surface area contributed by atoms with Crippen LogP contribution in [0.4, 0.5) is 0 Å². The first-order valence-electron chi connectivity index (χ1n) is 6.72. The molecule has 0 radical (unpaired) electrons. The van der Waals surface area contributed by atoms with Crippen molar-refractivity contribution in [1.82, 2.24) is 10.2 Å². The summed E-state index contributed by atoms with van der Waals surface area (Å²) in [5.74, 6) is 0.966. The summed E-state index contributed by atoms with van der Waals surface area (Å²) in [5.41, 5.74) is 5.78. The molecule has 1 saturated heterocycles. The highest BCUT2D eigenvalue weighted by atomic mass is 16.2. The second kappa shape index (κ2) is 6.97. The summed E-state index contributed by atoms with van der Waals surface area (Å²) in [6.07, 6.45) is 3.59. The van der Waals surface area contributed by atoms with Crippen LogP contribution in [0.25, 0.3) is 0 Å². The molecule has 0 bridgehead atoms. The SMILES string of the molecule is CC(C)C(N)C(=O)NCCC1CCN(C)CC1. The number of amides is 1. The van der Waals surface area contributed by atoms with E-state index < -0.39 is 0 Å². The Kier molecular flexibility index (Phi) is 5.92. The lowest BCUT2D eigenvalue weighted by atomic mass is 9.94. The molecule has 1 unspecified atom stereocenters. The van der Waals surface area contributed by atoms with Crippen molar-refractivity contribution in [1.29, 1.82) is 0 Å². The molecule has 1 amide bonds. The van der Waals surface area contributed by atoms with Gasteiger partial charge in [0.25, 0.3) is 0 Å². The molecule has 100 valence electrons. The fourth-order valence-corrected chi connectivity index (χ4v) is 2.17. The topological polar surface area (TPSA) is 58.4 Å². The third-order valence-electron chi connectivity index (χ3n) is 3.71. The summed E-state index contributed by atoms with van der Waals surface area (Å²) in [5, 5.41) is 2.94. The van der Waals surface area contributed by atoms with E-state index in [4.69, 9.17) is 5.73 Å². The molecule has 0 aromatic carbocycles. The van der Waals surface area contributed by atoms with E-state index in [2.05, 4.69) is 17.3 Å². The Morgan fingerprint density at radius 1 is 1.41 bits per heavy atom. The van der Waals surface area contributed by atoms with Gasteiger partial charge < -0.3 is 16.0 Å². The van der Waals surface area contributed by atoms with Crippen LogP contribution in [0, 0.1) is 11.8 Å². The van der Waals surface area contributed by atoms with Gasteiger partial charge in [-0.25, -0.2) is 0 Å². The Balaban J connectivity index is 2.13. The number of nitrogens with two attached hydrogens (primary N) is 1. The first kappa shape index (κ1) is 14.5. The van der Waals surface area contributed by atoms with E-state index in [0.717, 1.165) is 18.9 Å². The predicted molar refractivity (Wildman–Crippen MR) is 70.7 cm³/mol. The molecule has 3 N–H and O–H groups in total. The van der Waals surface area contributed by atoms with E-state index in [1.165, 1.54) is 25.9 Å². The molecule has 1 aliphatic rings. The smallest absolute Gasteiger partial charge is 0.237 e. The second-order valence-corrected chi connectivity index (χ2v) is 5.60. The van der Waals surface area contributed by atoms with E-state index >= 15 is 0 Å². The van der Waals surface area contributed by atoms with Crippen molar-refractivity contribution >= 4 is 5.91 Å². The van der Waals surface area contributed by atoms with Gasteiger partial charge in [0.15, 0.2) is 0 Å². The van der Waals surface area contributed by atoms with Crippen molar-refractivity contribution in [2.75, 3.05) is 26.7 Å². The van der Waals surface area contributed by atoms with Crippen molar-refractivity contribution in [3.05, 3.63) is 0 Å². The summed E-state index contributed by atoms with van der Waals surface area (Å²) >= 11 is 0. The van der Waals surface area contributed by atoms with Gasteiger partial charge in [-0.05, 0) is 51.2 Å². The molecule has 1 aliphatic heterocycles. The highest BCUT2D eigenvalue weighted by molar-refractivity contribution is 5.81. The lowest BCUT2D eigenvalue weighted by molar-refractivity contribution is -0.123. The van der Waals surface area contributed by atoms with Gasteiger partial charge in [0.1, 0.15) is 0 Å². The maximum absolute atomic E-state index is 11.6. The van der Waals surface area contributed by atoms with E-state index in [0.29, 0.717) is 0 Å². The van der Waals surface area contributed by atoms with Crippen molar-refractivity contribution in [2.45, 2.75) is 39.2 Å². The van der Waals surface area contributed by atoms with Crippen molar-refractivity contribution < 1.29 is 4.79 Å². The number of carbonyl (C=O) groups excluding carboxylic acids is 1. The zero-order valence-electron chi connectivity index (χ0n) is 11.4. The molecular formula is C13H27N3O. The third-order valence-corrected chi connectivity index (χ3v) is 3.71. The van der Waals surface area contributed by atoms with Crippen LogP contribution in [0.2, 0.25) is 0 Å². The summed E-state index contributed by atoms with van der Waals surface area (Å²) in [4.78, 5) is 14.0. The monoisotopic (exact) mass is 241 g/mol. The zero-order valence-corrected chi connectivity index (χ0v) is 11.4. The molecule has 1 atom stereocenters. The number of nitrogens with zero attached hydrogens (tertiary/aromatic N) is 1. The first-order chi connectivity index (χ1) is 8.00. The Morgan fingerprint density at radius 2 is 2.00 bits per heavy atom. The number of hydrogen-bond donors (Lipinski definition) is 2. The average molecular weight is 241 g/mol. The highest BCUT2D eigenvalue weighted by Crippen LogP contribution is 2.18. The van der Waals surface area contributed by atoms with Crippen LogP contribution in [0.15, 0.2) is 0 Å². The number of likely N-dealkylation sites (tertiary alicyclic amines) is 1.